The first-order chi connectivity index (χ1) is 6.49. The quantitative estimate of drug-likeness (QED) is 0.564. The topological polar surface area (TPSA) is 39.2 Å². The number of esters is 1. The Hall–Kier alpha value is -1.16. The minimum absolute atomic E-state index is 0.0659. The molecule has 0 aliphatic rings. The number of nitrogens with zero attached hydrogens (tertiary/aromatic N) is 1. The lowest BCUT2D eigenvalue weighted by molar-refractivity contribution is 0.0377. The maximum atomic E-state index is 12.7. The summed E-state index contributed by atoms with van der Waals surface area (Å²) in [7, 11) is 0. The third kappa shape index (κ3) is 2.96. The Labute approximate surface area is 85.9 Å². The van der Waals surface area contributed by atoms with E-state index in [1.54, 1.807) is 13.8 Å². The summed E-state index contributed by atoms with van der Waals surface area (Å²) in [6.45, 7) is 3.41. The van der Waals surface area contributed by atoms with Crippen LogP contribution in [0.5, 0.6) is 0 Å². The minimum Gasteiger partial charge on any atom is -0.459 e. The molecule has 0 aromatic carbocycles. The molecule has 0 spiro atoms. The van der Waals surface area contributed by atoms with Gasteiger partial charge in [-0.15, -0.1) is 0 Å². The van der Waals surface area contributed by atoms with E-state index in [-0.39, 0.29) is 16.8 Å². The van der Waals surface area contributed by atoms with Crippen molar-refractivity contribution in [1.82, 2.24) is 4.98 Å². The van der Waals surface area contributed by atoms with Crippen molar-refractivity contribution in [2.75, 3.05) is 0 Å². The number of carbonyl (C=O) groups is 1. The summed E-state index contributed by atoms with van der Waals surface area (Å²) in [5.74, 6) is -1.41. The molecule has 1 heterocycles. The van der Waals surface area contributed by atoms with E-state index < -0.39 is 11.9 Å². The molecule has 0 radical (unpaired) electrons. The predicted molar refractivity (Wildman–Crippen MR) is 49.8 cm³/mol. The van der Waals surface area contributed by atoms with E-state index in [0.717, 1.165) is 6.07 Å². The van der Waals surface area contributed by atoms with Gasteiger partial charge in [0.15, 0.2) is 0 Å². The molecule has 0 N–H and O–H groups in total. The van der Waals surface area contributed by atoms with Gasteiger partial charge in [0.25, 0.3) is 0 Å². The van der Waals surface area contributed by atoms with Crippen LogP contribution < -0.4 is 0 Å². The van der Waals surface area contributed by atoms with Crippen molar-refractivity contribution in [3.63, 3.8) is 0 Å². The first-order valence-corrected chi connectivity index (χ1v) is 4.41. The second-order valence-electron chi connectivity index (χ2n) is 2.96. The third-order valence-corrected chi connectivity index (χ3v) is 1.53. The van der Waals surface area contributed by atoms with E-state index in [2.05, 4.69) is 4.98 Å². The van der Waals surface area contributed by atoms with Crippen LogP contribution in [0.15, 0.2) is 12.1 Å². The molecule has 0 fully saturated rings. The highest BCUT2D eigenvalue weighted by molar-refractivity contribution is 6.29. The maximum absolute atomic E-state index is 12.7. The van der Waals surface area contributed by atoms with Gasteiger partial charge in [0.2, 0.25) is 5.95 Å². The molecule has 1 rings (SSSR count). The highest BCUT2D eigenvalue weighted by atomic mass is 35.5. The molecule has 0 saturated carbocycles. The summed E-state index contributed by atoms with van der Waals surface area (Å²) in [6.07, 6.45) is -0.252. The molecule has 0 aliphatic carbocycles. The van der Waals surface area contributed by atoms with Gasteiger partial charge in [-0.1, -0.05) is 11.6 Å². The average Bonchev–Trinajstić information content (AvgIpc) is 2.00. The number of aromatic nitrogens is 1. The van der Waals surface area contributed by atoms with Crippen LogP contribution in [0.25, 0.3) is 0 Å². The van der Waals surface area contributed by atoms with Crippen molar-refractivity contribution in [1.29, 1.82) is 0 Å². The molecule has 0 amide bonds. The van der Waals surface area contributed by atoms with Crippen LogP contribution in [-0.2, 0) is 4.74 Å². The number of rotatable bonds is 2. The average molecular weight is 218 g/mol. The number of pyridine rings is 1. The zero-order chi connectivity index (χ0) is 10.7. The number of hydrogen-bond acceptors (Lipinski definition) is 3. The zero-order valence-electron chi connectivity index (χ0n) is 7.75. The summed E-state index contributed by atoms with van der Waals surface area (Å²) in [4.78, 5) is 14.6. The highest BCUT2D eigenvalue weighted by Gasteiger charge is 2.11. The smallest absolute Gasteiger partial charge is 0.338 e. The maximum Gasteiger partial charge on any atom is 0.338 e. The standard InChI is InChI=1S/C9H9ClFNO2/c1-5(2)14-9(13)6-3-7(10)12-8(11)4-6/h3-5H,1-2H3. The van der Waals surface area contributed by atoms with E-state index in [9.17, 15) is 9.18 Å². The van der Waals surface area contributed by atoms with Gasteiger partial charge in [-0.05, 0) is 19.9 Å². The lowest BCUT2D eigenvalue weighted by Crippen LogP contribution is -2.12. The fourth-order valence-electron chi connectivity index (χ4n) is 0.865. The monoisotopic (exact) mass is 217 g/mol. The van der Waals surface area contributed by atoms with Gasteiger partial charge in [-0.25, -0.2) is 9.78 Å². The third-order valence-electron chi connectivity index (χ3n) is 1.34. The van der Waals surface area contributed by atoms with Gasteiger partial charge in [0, 0.05) is 6.07 Å². The van der Waals surface area contributed by atoms with Crippen molar-refractivity contribution in [3.8, 4) is 0 Å². The van der Waals surface area contributed by atoms with Crippen LogP contribution in [0.1, 0.15) is 24.2 Å². The normalized spacial score (nSPS) is 10.4. The molecule has 0 bridgehead atoms. The lowest BCUT2D eigenvalue weighted by Gasteiger charge is -2.07. The fraction of sp³-hybridized carbons (Fsp3) is 0.333. The van der Waals surface area contributed by atoms with Gasteiger partial charge in [0.05, 0.1) is 11.7 Å². The zero-order valence-corrected chi connectivity index (χ0v) is 8.51. The SMILES string of the molecule is CC(C)OC(=O)c1cc(F)nc(Cl)c1. The molecule has 1 aromatic heterocycles. The second-order valence-corrected chi connectivity index (χ2v) is 3.34. The van der Waals surface area contributed by atoms with E-state index in [1.807, 2.05) is 0 Å². The highest BCUT2D eigenvalue weighted by Crippen LogP contribution is 2.11. The molecule has 76 valence electrons. The minimum atomic E-state index is -0.798. The summed E-state index contributed by atoms with van der Waals surface area (Å²) < 4.78 is 17.6. The van der Waals surface area contributed by atoms with Gasteiger partial charge in [0.1, 0.15) is 5.15 Å². The van der Waals surface area contributed by atoms with E-state index in [1.165, 1.54) is 6.07 Å². The summed E-state index contributed by atoms with van der Waals surface area (Å²) in [5.41, 5.74) is 0.0659. The van der Waals surface area contributed by atoms with E-state index in [4.69, 9.17) is 16.3 Å². The number of hydrogen-bond donors (Lipinski definition) is 0. The summed E-state index contributed by atoms with van der Waals surface area (Å²) in [5, 5.41) is -0.0688. The van der Waals surface area contributed by atoms with Crippen molar-refractivity contribution in [3.05, 3.63) is 28.8 Å². The summed E-state index contributed by atoms with van der Waals surface area (Å²) in [6, 6.07) is 2.24. The molecule has 0 saturated heterocycles. The van der Waals surface area contributed by atoms with Crippen LogP contribution >= 0.6 is 11.6 Å². The van der Waals surface area contributed by atoms with E-state index in [0.29, 0.717) is 0 Å². The number of carbonyl (C=O) groups excluding carboxylic acids is 1. The Morgan fingerprint density at radius 3 is 2.71 bits per heavy atom. The van der Waals surface area contributed by atoms with Crippen molar-refractivity contribution >= 4 is 17.6 Å². The van der Waals surface area contributed by atoms with Gasteiger partial charge in [-0.3, -0.25) is 0 Å². The number of ether oxygens (including phenoxy) is 1. The van der Waals surface area contributed by atoms with Crippen molar-refractivity contribution in [2.45, 2.75) is 20.0 Å². The molecule has 5 heteroatoms. The van der Waals surface area contributed by atoms with E-state index >= 15 is 0 Å². The van der Waals surface area contributed by atoms with Gasteiger partial charge in [-0.2, -0.15) is 4.39 Å². The first kappa shape index (κ1) is 10.9. The Morgan fingerprint density at radius 1 is 1.57 bits per heavy atom. The van der Waals surface area contributed by atoms with Crippen molar-refractivity contribution < 1.29 is 13.9 Å². The fourth-order valence-corrected chi connectivity index (χ4v) is 1.06. The van der Waals surface area contributed by atoms with Crippen LogP contribution in [0, 0.1) is 5.95 Å². The Balaban J connectivity index is 2.90. The van der Waals surface area contributed by atoms with Crippen LogP contribution in [0.3, 0.4) is 0 Å². The predicted octanol–water partition coefficient (Wildman–Crippen LogP) is 2.44. The second kappa shape index (κ2) is 4.37. The molecule has 0 atom stereocenters. The molecule has 3 nitrogen and oxygen atoms in total. The van der Waals surface area contributed by atoms with Gasteiger partial charge < -0.3 is 4.74 Å². The lowest BCUT2D eigenvalue weighted by atomic mass is 10.3. The Bertz CT molecular complexity index is 334. The van der Waals surface area contributed by atoms with Crippen LogP contribution in [0.4, 0.5) is 4.39 Å². The van der Waals surface area contributed by atoms with Gasteiger partial charge >= 0.3 is 5.97 Å². The largest absolute Gasteiger partial charge is 0.459 e. The summed E-state index contributed by atoms with van der Waals surface area (Å²) >= 11 is 5.47. The first-order valence-electron chi connectivity index (χ1n) is 4.03. The molecular formula is C9H9ClFNO2. The Kier molecular flexibility index (Phi) is 3.41. The number of halogens is 2. The Morgan fingerprint density at radius 2 is 2.21 bits per heavy atom. The van der Waals surface area contributed by atoms with Crippen molar-refractivity contribution in [2.24, 2.45) is 0 Å². The molecule has 0 unspecified atom stereocenters. The van der Waals surface area contributed by atoms with Crippen LogP contribution in [-0.4, -0.2) is 17.1 Å². The molecule has 1 aromatic rings. The van der Waals surface area contributed by atoms with Crippen LogP contribution in [0.2, 0.25) is 5.15 Å². The molecule has 14 heavy (non-hydrogen) atoms. The molecular weight excluding hydrogens is 209 g/mol. The molecule has 0 aliphatic heterocycles.